The highest BCUT2D eigenvalue weighted by Gasteiger charge is 2.49. The highest BCUT2D eigenvalue weighted by molar-refractivity contribution is 6.36. The molecule has 2 aromatic carbocycles. The van der Waals surface area contributed by atoms with Crippen LogP contribution < -0.4 is 4.74 Å². The predicted octanol–water partition coefficient (Wildman–Crippen LogP) is 7.14. The lowest BCUT2D eigenvalue weighted by Crippen LogP contribution is -2.43. The van der Waals surface area contributed by atoms with Crippen molar-refractivity contribution in [2.45, 2.75) is 63.5 Å². The van der Waals surface area contributed by atoms with Crippen LogP contribution >= 0.6 is 11.6 Å². The van der Waals surface area contributed by atoms with Crippen molar-refractivity contribution in [3.8, 4) is 17.3 Å². The third-order valence-electron chi connectivity index (χ3n) is 9.67. The van der Waals surface area contributed by atoms with Crippen molar-refractivity contribution in [3.05, 3.63) is 53.4 Å². The van der Waals surface area contributed by atoms with E-state index in [1.807, 2.05) is 24.3 Å². The molecule has 258 valence electrons. The molecule has 9 nitrogen and oxygen atoms in total. The number of halogens is 4. The van der Waals surface area contributed by atoms with Gasteiger partial charge in [0.25, 0.3) is 0 Å². The normalized spacial score (nSPS) is 24.6. The Kier molecular flexibility index (Phi) is 8.67. The summed E-state index contributed by atoms with van der Waals surface area (Å²) in [5, 5.41) is 2.22. The molecule has 0 N–H and O–H groups in total. The van der Waals surface area contributed by atoms with Crippen LogP contribution in [0.15, 0.2) is 42.6 Å². The van der Waals surface area contributed by atoms with Gasteiger partial charge in [-0.3, -0.25) is 9.88 Å². The lowest BCUT2D eigenvalue weighted by Gasteiger charge is -2.30. The van der Waals surface area contributed by atoms with E-state index in [1.165, 1.54) is 11.1 Å². The molecule has 49 heavy (non-hydrogen) atoms. The van der Waals surface area contributed by atoms with Crippen LogP contribution in [-0.2, 0) is 4.74 Å². The number of pyridine rings is 1. The number of hydrogen-bond acceptors (Lipinski definition) is 7. The minimum absolute atomic E-state index is 0.0384. The minimum Gasteiger partial charge on any atom is -0.444 e. The Morgan fingerprint density at radius 1 is 1.14 bits per heavy atom. The average Bonchev–Trinajstić information content (AvgIpc) is 3.70. The topological polar surface area (TPSA) is 83.7 Å². The lowest BCUT2D eigenvalue weighted by atomic mass is 9.95. The number of benzene rings is 2. The van der Waals surface area contributed by atoms with Crippen LogP contribution in [0.1, 0.15) is 40.0 Å². The standard InChI is InChI=1S/C36H39ClF3N6O3/c1-35(2,3)49-34(47)45-17-22(27(39)19-45)16-44(4)32-25-15-41-30(24-10-5-8-21-9-6-11-26(37)28(21)24)29(40)31(25)42-33(43-32)48-20-36-12-7-13-46(36)18-23(38)14-36/h5-6,8-11,15-16,22-23,27H,7,12-14,17-20H2,1-4H3/q+1/b44-16+/t22?,23-,27-,36+/m1/s1. The Hall–Kier alpha value is -4.03. The molecule has 3 aliphatic rings. The maximum Gasteiger partial charge on any atom is 0.434 e. The SMILES string of the molecule is C/[N+](=C\C1CN(C(=O)OC(C)(C)C)C[C@H]1F)c1nc(OC[C@@]23CCCN2C[C@H](F)C3)nc2c(F)c(-c3cccc4cccc(Cl)c34)ncc12. The van der Waals surface area contributed by atoms with E-state index < -0.39 is 41.3 Å². The molecule has 7 rings (SSSR count). The first-order valence-corrected chi connectivity index (χ1v) is 17.0. The van der Waals surface area contributed by atoms with E-state index in [1.54, 1.807) is 50.7 Å². The van der Waals surface area contributed by atoms with Gasteiger partial charge in [0.1, 0.15) is 41.1 Å². The first kappa shape index (κ1) is 33.5. The van der Waals surface area contributed by atoms with E-state index in [0.29, 0.717) is 28.9 Å². The van der Waals surface area contributed by atoms with Crippen molar-refractivity contribution in [1.29, 1.82) is 0 Å². The molecule has 4 atom stereocenters. The van der Waals surface area contributed by atoms with Gasteiger partial charge in [-0.15, -0.1) is 0 Å². The molecule has 0 aliphatic carbocycles. The molecule has 0 bridgehead atoms. The number of amides is 1. The van der Waals surface area contributed by atoms with E-state index in [9.17, 15) is 9.18 Å². The molecule has 0 spiro atoms. The summed E-state index contributed by atoms with van der Waals surface area (Å²) in [6.07, 6.45) is 2.27. The van der Waals surface area contributed by atoms with Gasteiger partial charge in [0.15, 0.2) is 5.82 Å². The molecule has 13 heteroatoms. The molecule has 3 aliphatic heterocycles. The Morgan fingerprint density at radius 3 is 2.69 bits per heavy atom. The summed E-state index contributed by atoms with van der Waals surface area (Å²) in [7, 11) is 1.67. The first-order chi connectivity index (χ1) is 23.3. The maximum absolute atomic E-state index is 16.7. The maximum atomic E-state index is 16.7. The largest absolute Gasteiger partial charge is 0.444 e. The Labute approximate surface area is 287 Å². The molecule has 2 aromatic heterocycles. The predicted molar refractivity (Wildman–Crippen MR) is 182 cm³/mol. The van der Waals surface area contributed by atoms with Crippen molar-refractivity contribution >= 4 is 51.4 Å². The van der Waals surface area contributed by atoms with Crippen molar-refractivity contribution in [2.24, 2.45) is 5.92 Å². The van der Waals surface area contributed by atoms with Gasteiger partial charge in [-0.25, -0.2) is 22.5 Å². The fourth-order valence-corrected chi connectivity index (χ4v) is 7.73. The zero-order chi connectivity index (χ0) is 34.7. The second kappa shape index (κ2) is 12.7. The van der Waals surface area contributed by atoms with Crippen LogP contribution in [0.2, 0.25) is 5.02 Å². The quantitative estimate of drug-likeness (QED) is 0.157. The minimum atomic E-state index is -1.36. The number of hydrogen-bond donors (Lipinski definition) is 0. The van der Waals surface area contributed by atoms with Gasteiger partial charge in [-0.1, -0.05) is 41.9 Å². The van der Waals surface area contributed by atoms with Gasteiger partial charge in [-0.2, -0.15) is 4.98 Å². The number of carbonyl (C=O) groups is 1. The van der Waals surface area contributed by atoms with Gasteiger partial charge in [0.05, 0.1) is 31.3 Å². The highest BCUT2D eigenvalue weighted by Crippen LogP contribution is 2.41. The molecule has 3 fully saturated rings. The zero-order valence-electron chi connectivity index (χ0n) is 27.9. The summed E-state index contributed by atoms with van der Waals surface area (Å²) < 4.78 is 59.8. The fourth-order valence-electron chi connectivity index (χ4n) is 7.45. The number of nitrogens with zero attached hydrogens (tertiary/aromatic N) is 6. The van der Waals surface area contributed by atoms with Crippen LogP contribution in [0.25, 0.3) is 32.9 Å². The van der Waals surface area contributed by atoms with E-state index in [0.717, 1.165) is 24.8 Å². The summed E-state index contributed by atoms with van der Waals surface area (Å²) in [6.45, 7) is 6.52. The number of likely N-dealkylation sites (tertiary alicyclic amines) is 1. The van der Waals surface area contributed by atoms with Crippen LogP contribution in [0, 0.1) is 11.7 Å². The Morgan fingerprint density at radius 2 is 1.92 bits per heavy atom. The van der Waals surface area contributed by atoms with Crippen molar-refractivity contribution in [2.75, 3.05) is 39.8 Å². The molecular formula is C36H39ClF3N6O3+. The van der Waals surface area contributed by atoms with Crippen molar-refractivity contribution < 1.29 is 32.0 Å². The summed E-state index contributed by atoms with van der Waals surface area (Å²) in [5.41, 5.74) is -0.683. The van der Waals surface area contributed by atoms with Crippen LogP contribution in [0.3, 0.4) is 0 Å². The van der Waals surface area contributed by atoms with Gasteiger partial charge >= 0.3 is 17.9 Å². The second-order valence-electron chi connectivity index (χ2n) is 14.3. The first-order valence-electron chi connectivity index (χ1n) is 16.6. The third-order valence-corrected chi connectivity index (χ3v) is 9.99. The van der Waals surface area contributed by atoms with Gasteiger partial charge < -0.3 is 14.4 Å². The van der Waals surface area contributed by atoms with Gasteiger partial charge in [0.2, 0.25) is 0 Å². The Bertz CT molecular complexity index is 1970. The zero-order valence-corrected chi connectivity index (χ0v) is 28.7. The second-order valence-corrected chi connectivity index (χ2v) is 14.8. The van der Waals surface area contributed by atoms with Gasteiger partial charge in [-0.05, 0) is 51.6 Å². The van der Waals surface area contributed by atoms with E-state index >= 15 is 8.78 Å². The molecule has 0 saturated carbocycles. The number of alkyl halides is 2. The van der Waals surface area contributed by atoms with E-state index in [2.05, 4.69) is 19.9 Å². The number of carbonyl (C=O) groups excluding carboxylic acids is 1. The van der Waals surface area contributed by atoms with E-state index in [4.69, 9.17) is 21.1 Å². The number of fused-ring (bicyclic) bond motifs is 3. The number of aromatic nitrogens is 3. The number of ether oxygens (including phenoxy) is 2. The van der Waals surface area contributed by atoms with E-state index in [-0.39, 0.29) is 48.1 Å². The summed E-state index contributed by atoms with van der Waals surface area (Å²) in [5.74, 6) is -1.14. The molecule has 3 saturated heterocycles. The molecule has 1 unspecified atom stereocenters. The molecule has 4 aromatic rings. The van der Waals surface area contributed by atoms with Crippen molar-refractivity contribution in [3.63, 3.8) is 0 Å². The lowest BCUT2D eigenvalue weighted by molar-refractivity contribution is -0.405. The van der Waals surface area contributed by atoms with Crippen LogP contribution in [-0.4, -0.2) is 105 Å². The van der Waals surface area contributed by atoms with Crippen LogP contribution in [0.5, 0.6) is 6.01 Å². The summed E-state index contributed by atoms with van der Waals surface area (Å²) in [6, 6.07) is 10.8. The van der Waals surface area contributed by atoms with Gasteiger partial charge in [0, 0.05) is 46.7 Å². The summed E-state index contributed by atoms with van der Waals surface area (Å²) >= 11 is 6.59. The average molecular weight is 696 g/mol. The Balaban J connectivity index is 1.29. The molecule has 1 amide bonds. The monoisotopic (exact) mass is 695 g/mol. The smallest absolute Gasteiger partial charge is 0.434 e. The highest BCUT2D eigenvalue weighted by atomic mass is 35.5. The van der Waals surface area contributed by atoms with Crippen molar-refractivity contribution in [1.82, 2.24) is 24.8 Å². The third kappa shape index (κ3) is 6.40. The number of rotatable bonds is 6. The molecule has 0 radical (unpaired) electrons. The van der Waals surface area contributed by atoms with Crippen LogP contribution in [0.4, 0.5) is 23.8 Å². The summed E-state index contributed by atoms with van der Waals surface area (Å²) in [4.78, 5) is 29.9. The molecule has 5 heterocycles. The fraction of sp³-hybridized carbons (Fsp3) is 0.472. The molecular weight excluding hydrogens is 657 g/mol.